The highest BCUT2D eigenvalue weighted by Gasteiger charge is 2.27. The molecule has 0 spiro atoms. The Labute approximate surface area is 83.5 Å². The smallest absolute Gasteiger partial charge is 0.0624 e. The summed E-state index contributed by atoms with van der Waals surface area (Å²) < 4.78 is 0. The van der Waals surface area contributed by atoms with Crippen LogP contribution in [-0.4, -0.2) is 10.7 Å². The zero-order valence-electron chi connectivity index (χ0n) is 10.1. The van der Waals surface area contributed by atoms with Crippen molar-refractivity contribution in [2.24, 2.45) is 11.3 Å². The SMILES string of the molecule is CC(C)CCC(C)(O)CC(C)(C)C. The van der Waals surface area contributed by atoms with Crippen molar-refractivity contribution in [3.63, 3.8) is 0 Å². The van der Waals surface area contributed by atoms with Gasteiger partial charge in [0.05, 0.1) is 5.60 Å². The van der Waals surface area contributed by atoms with Crippen LogP contribution in [0.4, 0.5) is 0 Å². The first-order valence-corrected chi connectivity index (χ1v) is 5.35. The van der Waals surface area contributed by atoms with Crippen LogP contribution in [-0.2, 0) is 0 Å². The zero-order valence-corrected chi connectivity index (χ0v) is 10.1. The van der Waals surface area contributed by atoms with E-state index in [-0.39, 0.29) is 5.41 Å². The van der Waals surface area contributed by atoms with Gasteiger partial charge >= 0.3 is 0 Å². The first kappa shape index (κ1) is 13.0. The zero-order chi connectivity index (χ0) is 10.7. The van der Waals surface area contributed by atoms with E-state index in [2.05, 4.69) is 34.6 Å². The molecule has 0 saturated carbocycles. The summed E-state index contributed by atoms with van der Waals surface area (Å²) in [7, 11) is 0. The van der Waals surface area contributed by atoms with Gasteiger partial charge < -0.3 is 5.11 Å². The molecule has 0 aromatic heterocycles. The van der Waals surface area contributed by atoms with Gasteiger partial charge in [-0.25, -0.2) is 0 Å². The lowest BCUT2D eigenvalue weighted by Crippen LogP contribution is -2.30. The maximum atomic E-state index is 10.1. The van der Waals surface area contributed by atoms with E-state index in [1.54, 1.807) is 0 Å². The van der Waals surface area contributed by atoms with Crippen LogP contribution in [0.2, 0.25) is 0 Å². The summed E-state index contributed by atoms with van der Waals surface area (Å²) >= 11 is 0. The van der Waals surface area contributed by atoms with Crippen LogP contribution in [0, 0.1) is 11.3 Å². The molecular weight excluding hydrogens is 160 g/mol. The molecule has 1 heteroatoms. The highest BCUT2D eigenvalue weighted by atomic mass is 16.3. The van der Waals surface area contributed by atoms with Crippen molar-refractivity contribution in [1.82, 2.24) is 0 Å². The van der Waals surface area contributed by atoms with E-state index in [0.29, 0.717) is 5.92 Å². The van der Waals surface area contributed by atoms with Crippen LogP contribution in [0.3, 0.4) is 0 Å². The normalized spacial score (nSPS) is 17.5. The van der Waals surface area contributed by atoms with Crippen LogP contribution in [0.1, 0.15) is 60.8 Å². The fourth-order valence-electron chi connectivity index (χ4n) is 1.83. The maximum Gasteiger partial charge on any atom is 0.0624 e. The maximum absolute atomic E-state index is 10.1. The van der Waals surface area contributed by atoms with E-state index in [0.717, 1.165) is 19.3 Å². The quantitative estimate of drug-likeness (QED) is 0.711. The van der Waals surface area contributed by atoms with Crippen molar-refractivity contribution in [2.45, 2.75) is 66.4 Å². The average molecular weight is 186 g/mol. The lowest BCUT2D eigenvalue weighted by Gasteiger charge is -2.31. The van der Waals surface area contributed by atoms with E-state index in [1.807, 2.05) is 6.92 Å². The van der Waals surface area contributed by atoms with Crippen LogP contribution >= 0.6 is 0 Å². The van der Waals surface area contributed by atoms with E-state index in [4.69, 9.17) is 0 Å². The van der Waals surface area contributed by atoms with Gasteiger partial charge in [0.15, 0.2) is 0 Å². The Bertz CT molecular complexity index is 140. The molecule has 0 amide bonds. The van der Waals surface area contributed by atoms with Gasteiger partial charge in [0.2, 0.25) is 0 Å². The molecule has 0 bridgehead atoms. The lowest BCUT2D eigenvalue weighted by molar-refractivity contribution is 0.00705. The molecule has 0 saturated heterocycles. The Morgan fingerprint density at radius 1 is 1.08 bits per heavy atom. The third-order valence-electron chi connectivity index (χ3n) is 2.17. The summed E-state index contributed by atoms with van der Waals surface area (Å²) in [4.78, 5) is 0. The Balaban J connectivity index is 3.94. The van der Waals surface area contributed by atoms with Crippen LogP contribution in [0.15, 0.2) is 0 Å². The summed E-state index contributed by atoms with van der Waals surface area (Å²) in [5.41, 5.74) is -0.261. The highest BCUT2D eigenvalue weighted by molar-refractivity contribution is 4.79. The Hall–Kier alpha value is -0.0400. The van der Waals surface area contributed by atoms with Crippen molar-refractivity contribution < 1.29 is 5.11 Å². The van der Waals surface area contributed by atoms with Crippen molar-refractivity contribution in [2.75, 3.05) is 0 Å². The molecule has 0 radical (unpaired) electrons. The monoisotopic (exact) mass is 186 g/mol. The summed E-state index contributed by atoms with van der Waals surface area (Å²) in [6.07, 6.45) is 2.91. The van der Waals surface area contributed by atoms with Gasteiger partial charge in [-0.05, 0) is 37.5 Å². The fourth-order valence-corrected chi connectivity index (χ4v) is 1.83. The van der Waals surface area contributed by atoms with E-state index >= 15 is 0 Å². The van der Waals surface area contributed by atoms with Crippen molar-refractivity contribution in [3.05, 3.63) is 0 Å². The second kappa shape index (κ2) is 4.45. The van der Waals surface area contributed by atoms with Crippen LogP contribution in [0.25, 0.3) is 0 Å². The molecule has 0 aliphatic heterocycles. The number of rotatable bonds is 4. The third kappa shape index (κ3) is 8.29. The van der Waals surface area contributed by atoms with Gasteiger partial charge in [0, 0.05) is 0 Å². The molecule has 1 unspecified atom stereocenters. The highest BCUT2D eigenvalue weighted by Crippen LogP contribution is 2.30. The average Bonchev–Trinajstić information content (AvgIpc) is 1.78. The van der Waals surface area contributed by atoms with Gasteiger partial charge in [-0.1, -0.05) is 34.6 Å². The third-order valence-corrected chi connectivity index (χ3v) is 2.17. The molecule has 0 aliphatic carbocycles. The van der Waals surface area contributed by atoms with Crippen molar-refractivity contribution in [1.29, 1.82) is 0 Å². The minimum Gasteiger partial charge on any atom is -0.390 e. The molecule has 80 valence electrons. The minimum absolute atomic E-state index is 0.223. The molecular formula is C12H26O. The molecule has 0 aromatic carbocycles. The molecule has 0 rings (SSSR count). The molecule has 1 nitrogen and oxygen atoms in total. The Morgan fingerprint density at radius 3 is 1.85 bits per heavy atom. The van der Waals surface area contributed by atoms with E-state index < -0.39 is 5.60 Å². The molecule has 0 heterocycles. The summed E-state index contributed by atoms with van der Waals surface area (Å²) in [5, 5.41) is 10.1. The Morgan fingerprint density at radius 2 is 1.54 bits per heavy atom. The first-order chi connectivity index (χ1) is 5.62. The van der Waals surface area contributed by atoms with Gasteiger partial charge in [0.25, 0.3) is 0 Å². The predicted molar refractivity (Wildman–Crippen MR) is 58.8 cm³/mol. The molecule has 13 heavy (non-hydrogen) atoms. The van der Waals surface area contributed by atoms with Crippen LogP contribution in [0.5, 0.6) is 0 Å². The number of aliphatic hydroxyl groups is 1. The first-order valence-electron chi connectivity index (χ1n) is 5.35. The van der Waals surface area contributed by atoms with E-state index in [9.17, 15) is 5.11 Å². The summed E-state index contributed by atoms with van der Waals surface area (Å²) in [6.45, 7) is 12.9. The second-order valence-electron chi connectivity index (χ2n) is 6.17. The van der Waals surface area contributed by atoms with Crippen LogP contribution < -0.4 is 0 Å². The summed E-state index contributed by atoms with van der Waals surface area (Å²) in [5.74, 6) is 0.687. The van der Waals surface area contributed by atoms with Gasteiger partial charge in [-0.3, -0.25) is 0 Å². The standard InChI is InChI=1S/C12H26O/c1-10(2)7-8-12(6,13)9-11(3,4)5/h10,13H,7-9H2,1-6H3. The Kier molecular flexibility index (Phi) is 4.44. The van der Waals surface area contributed by atoms with Gasteiger partial charge in [0.1, 0.15) is 0 Å². The molecule has 1 atom stereocenters. The number of hydrogen-bond acceptors (Lipinski definition) is 1. The molecule has 0 aromatic rings. The van der Waals surface area contributed by atoms with Crippen molar-refractivity contribution >= 4 is 0 Å². The second-order valence-corrected chi connectivity index (χ2v) is 6.17. The van der Waals surface area contributed by atoms with Gasteiger partial charge in [-0.15, -0.1) is 0 Å². The largest absolute Gasteiger partial charge is 0.390 e. The van der Waals surface area contributed by atoms with Gasteiger partial charge in [-0.2, -0.15) is 0 Å². The molecule has 1 N–H and O–H groups in total. The predicted octanol–water partition coefficient (Wildman–Crippen LogP) is 3.61. The van der Waals surface area contributed by atoms with Crippen molar-refractivity contribution in [3.8, 4) is 0 Å². The van der Waals surface area contributed by atoms with E-state index in [1.165, 1.54) is 0 Å². The fraction of sp³-hybridized carbons (Fsp3) is 1.00. The molecule has 0 fully saturated rings. The lowest BCUT2D eigenvalue weighted by atomic mass is 9.80. The minimum atomic E-state index is -0.484. The topological polar surface area (TPSA) is 20.2 Å². The summed E-state index contributed by atoms with van der Waals surface area (Å²) in [6, 6.07) is 0. The number of hydrogen-bond donors (Lipinski definition) is 1. The molecule has 0 aliphatic rings.